The predicted octanol–water partition coefficient (Wildman–Crippen LogP) is 16.6. The molecule has 0 saturated heterocycles. The second-order valence-electron chi connectivity index (χ2n) is 15.3. The van der Waals surface area contributed by atoms with Gasteiger partial charge in [0.1, 0.15) is 0 Å². The minimum Gasteiger partial charge on any atom is -0.309 e. The molecule has 12 rings (SSSR count). The van der Waals surface area contributed by atoms with Crippen LogP contribution in [0.3, 0.4) is 0 Å². The molecule has 270 valence electrons. The highest BCUT2D eigenvalue weighted by atomic mass is 32.1. The summed E-state index contributed by atoms with van der Waals surface area (Å²) in [4.78, 5) is 2.50. The molecule has 0 amide bonds. The van der Waals surface area contributed by atoms with Crippen LogP contribution in [0.4, 0.5) is 17.1 Å². The molecule has 12 aromatic rings. The molecule has 0 unspecified atom stereocenters. The van der Waals surface area contributed by atoms with Gasteiger partial charge in [-0.2, -0.15) is 0 Å². The number of anilines is 3. The monoisotopic (exact) mass is 753 g/mol. The zero-order valence-corrected chi connectivity index (χ0v) is 32.4. The molecule has 0 aliphatic heterocycles. The quantitative estimate of drug-likeness (QED) is 0.158. The first kappa shape index (κ1) is 32.9. The van der Waals surface area contributed by atoms with Gasteiger partial charge < -0.3 is 4.90 Å². The van der Waals surface area contributed by atoms with Crippen molar-refractivity contribution in [1.82, 2.24) is 0 Å². The third kappa shape index (κ3) is 5.23. The van der Waals surface area contributed by atoms with Gasteiger partial charge in [-0.3, -0.25) is 0 Å². The SMILES string of the molecule is c1ccc(-c2ccc(N(c3ccc4cc(-c5cc6ccccc6c6ccccc56)ccc4c3)c3cccc4sc5cc6ccccc6cc5c34)c3ccccc23)cc1. The molecule has 1 aromatic heterocycles. The number of nitrogens with zero attached hydrogens (tertiary/aromatic N) is 1. The maximum absolute atomic E-state index is 2.50. The van der Waals surface area contributed by atoms with E-state index in [1.807, 2.05) is 11.3 Å². The van der Waals surface area contributed by atoms with E-state index in [9.17, 15) is 0 Å². The minimum atomic E-state index is 1.13. The Kier molecular flexibility index (Phi) is 7.47. The number of fused-ring (bicyclic) bond motifs is 9. The van der Waals surface area contributed by atoms with Gasteiger partial charge in [-0.15, -0.1) is 11.3 Å². The summed E-state index contributed by atoms with van der Waals surface area (Å²) in [6.45, 7) is 0. The van der Waals surface area contributed by atoms with E-state index in [1.165, 1.54) is 102 Å². The molecule has 0 aliphatic carbocycles. The Hall–Kier alpha value is -7.26. The van der Waals surface area contributed by atoms with Gasteiger partial charge in [0.05, 0.1) is 11.4 Å². The van der Waals surface area contributed by atoms with E-state index in [1.54, 1.807) is 0 Å². The smallest absolute Gasteiger partial charge is 0.0555 e. The number of hydrogen-bond donors (Lipinski definition) is 0. The van der Waals surface area contributed by atoms with Gasteiger partial charge in [0.2, 0.25) is 0 Å². The lowest BCUT2D eigenvalue weighted by Gasteiger charge is -2.29. The molecular formula is C56H35NS. The lowest BCUT2D eigenvalue weighted by Crippen LogP contribution is -2.11. The van der Waals surface area contributed by atoms with Gasteiger partial charge in [-0.05, 0) is 125 Å². The van der Waals surface area contributed by atoms with E-state index in [4.69, 9.17) is 0 Å². The molecule has 1 heterocycles. The van der Waals surface area contributed by atoms with Crippen LogP contribution in [-0.2, 0) is 0 Å². The minimum absolute atomic E-state index is 1.13. The van der Waals surface area contributed by atoms with Gasteiger partial charge in [0.25, 0.3) is 0 Å². The first-order chi connectivity index (χ1) is 28.7. The van der Waals surface area contributed by atoms with E-state index in [0.29, 0.717) is 0 Å². The summed E-state index contributed by atoms with van der Waals surface area (Å²) in [6, 6.07) is 78.4. The van der Waals surface area contributed by atoms with Crippen molar-refractivity contribution in [3.8, 4) is 22.3 Å². The fraction of sp³-hybridized carbons (Fsp3) is 0. The standard InChI is InChI=1S/C56H35NS/c1-2-13-36(14-3-1)45-29-30-52(49-22-11-10-20-47(45)49)57(53-23-12-24-54-56(53)51-33-37-15-4-5-16-38(37)35-55(51)58-54)43-28-27-39-31-42(26-25-40(39)32-43)50-34-41-17-6-7-18-44(41)46-19-8-9-21-48(46)50/h1-35H. The Balaban J connectivity index is 1.09. The molecule has 0 bridgehead atoms. The zero-order valence-electron chi connectivity index (χ0n) is 31.6. The van der Waals surface area contributed by atoms with Crippen LogP contribution in [0.25, 0.3) is 96.3 Å². The average molecular weight is 754 g/mol. The summed E-state index contributed by atoms with van der Waals surface area (Å²) in [6.07, 6.45) is 0. The zero-order chi connectivity index (χ0) is 38.2. The molecule has 2 heteroatoms. The fourth-order valence-corrected chi connectivity index (χ4v) is 10.4. The van der Waals surface area contributed by atoms with Crippen LogP contribution in [0.2, 0.25) is 0 Å². The van der Waals surface area contributed by atoms with Crippen molar-refractivity contribution in [2.45, 2.75) is 0 Å². The van der Waals surface area contributed by atoms with E-state index < -0.39 is 0 Å². The molecular weight excluding hydrogens is 719 g/mol. The van der Waals surface area contributed by atoms with E-state index >= 15 is 0 Å². The van der Waals surface area contributed by atoms with Crippen LogP contribution in [0.5, 0.6) is 0 Å². The predicted molar refractivity (Wildman–Crippen MR) is 252 cm³/mol. The van der Waals surface area contributed by atoms with Crippen LogP contribution in [0.1, 0.15) is 0 Å². The number of thiophene rings is 1. The van der Waals surface area contributed by atoms with Gasteiger partial charge in [0.15, 0.2) is 0 Å². The van der Waals surface area contributed by atoms with Crippen molar-refractivity contribution >= 4 is 102 Å². The van der Waals surface area contributed by atoms with Crippen molar-refractivity contribution in [3.05, 3.63) is 212 Å². The molecule has 0 spiro atoms. The lowest BCUT2D eigenvalue weighted by atomic mass is 9.92. The molecule has 0 aliphatic rings. The van der Waals surface area contributed by atoms with Crippen LogP contribution < -0.4 is 4.90 Å². The highest BCUT2D eigenvalue weighted by molar-refractivity contribution is 7.26. The highest BCUT2D eigenvalue weighted by Crippen LogP contribution is 2.49. The molecule has 1 nitrogen and oxygen atoms in total. The topological polar surface area (TPSA) is 3.24 Å². The van der Waals surface area contributed by atoms with Gasteiger partial charge in [0, 0.05) is 31.2 Å². The molecule has 0 saturated carbocycles. The van der Waals surface area contributed by atoms with Crippen molar-refractivity contribution in [2.24, 2.45) is 0 Å². The molecule has 0 atom stereocenters. The third-order valence-electron chi connectivity index (χ3n) is 12.0. The van der Waals surface area contributed by atoms with E-state index in [0.717, 1.165) is 11.4 Å². The molecule has 0 N–H and O–H groups in total. The normalized spacial score (nSPS) is 11.8. The second kappa shape index (κ2) is 13.2. The Labute approximate surface area is 340 Å². The highest BCUT2D eigenvalue weighted by Gasteiger charge is 2.22. The lowest BCUT2D eigenvalue weighted by molar-refractivity contribution is 1.32. The van der Waals surface area contributed by atoms with Gasteiger partial charge >= 0.3 is 0 Å². The van der Waals surface area contributed by atoms with E-state index in [-0.39, 0.29) is 0 Å². The molecule has 58 heavy (non-hydrogen) atoms. The van der Waals surface area contributed by atoms with Gasteiger partial charge in [-0.25, -0.2) is 0 Å². The van der Waals surface area contributed by atoms with Crippen molar-refractivity contribution in [1.29, 1.82) is 0 Å². The van der Waals surface area contributed by atoms with Crippen molar-refractivity contribution < 1.29 is 0 Å². The molecule has 11 aromatic carbocycles. The van der Waals surface area contributed by atoms with Gasteiger partial charge in [-0.1, -0.05) is 158 Å². The Morgan fingerprint density at radius 2 is 0.931 bits per heavy atom. The molecule has 0 fully saturated rings. The summed E-state index contributed by atoms with van der Waals surface area (Å²) in [7, 11) is 0. The summed E-state index contributed by atoms with van der Waals surface area (Å²) in [5, 5.41) is 15.1. The first-order valence-corrected chi connectivity index (χ1v) is 20.7. The number of benzene rings is 11. The van der Waals surface area contributed by atoms with Crippen LogP contribution in [0, 0.1) is 0 Å². The van der Waals surface area contributed by atoms with Crippen LogP contribution >= 0.6 is 11.3 Å². The summed E-state index contributed by atoms with van der Waals surface area (Å²) in [5.41, 5.74) is 8.39. The Morgan fingerprint density at radius 1 is 0.293 bits per heavy atom. The van der Waals surface area contributed by atoms with Crippen LogP contribution in [-0.4, -0.2) is 0 Å². The maximum Gasteiger partial charge on any atom is 0.0555 e. The second-order valence-corrected chi connectivity index (χ2v) is 16.3. The number of rotatable bonds is 5. The van der Waals surface area contributed by atoms with E-state index in [2.05, 4.69) is 217 Å². The van der Waals surface area contributed by atoms with Crippen molar-refractivity contribution in [3.63, 3.8) is 0 Å². The third-order valence-corrected chi connectivity index (χ3v) is 13.1. The Morgan fingerprint density at radius 3 is 1.76 bits per heavy atom. The number of hydrogen-bond acceptors (Lipinski definition) is 2. The largest absolute Gasteiger partial charge is 0.309 e. The van der Waals surface area contributed by atoms with Crippen LogP contribution in [0.15, 0.2) is 212 Å². The Bertz CT molecular complexity index is 3580. The summed E-state index contributed by atoms with van der Waals surface area (Å²) in [5.74, 6) is 0. The molecule has 0 radical (unpaired) electrons. The maximum atomic E-state index is 2.50. The average Bonchev–Trinajstić information content (AvgIpc) is 3.66. The summed E-state index contributed by atoms with van der Waals surface area (Å²) >= 11 is 1.88. The summed E-state index contributed by atoms with van der Waals surface area (Å²) < 4.78 is 2.59. The first-order valence-electron chi connectivity index (χ1n) is 19.9. The van der Waals surface area contributed by atoms with Crippen molar-refractivity contribution in [2.75, 3.05) is 4.90 Å². The fourth-order valence-electron chi connectivity index (χ4n) is 9.27.